The van der Waals surface area contributed by atoms with Crippen molar-refractivity contribution in [2.45, 2.75) is 18.9 Å². The van der Waals surface area contributed by atoms with Gasteiger partial charge in [-0.15, -0.1) is 0 Å². The summed E-state index contributed by atoms with van der Waals surface area (Å²) in [4.78, 5) is 49.4. The zero-order valence-electron chi connectivity index (χ0n) is 11.9. The van der Waals surface area contributed by atoms with E-state index in [4.69, 9.17) is 36.8 Å². The molecule has 0 aliphatic carbocycles. The second-order valence-corrected chi connectivity index (χ2v) is 8.40. The van der Waals surface area contributed by atoms with Crippen molar-refractivity contribution in [3.8, 4) is 0 Å². The molecule has 0 radical (unpaired) electrons. The normalized spacial score (nSPS) is 14.0. The molecule has 0 saturated heterocycles. The molecular weight excluding hydrogens is 397 g/mol. The summed E-state index contributed by atoms with van der Waals surface area (Å²) in [7, 11) is -16.8. The topological polar surface area (TPSA) is 267 Å². The lowest BCUT2D eigenvalue weighted by molar-refractivity contribution is -0.137. The Kier molecular flexibility index (Phi) is 8.70. The lowest BCUT2D eigenvalue weighted by Crippen LogP contribution is -2.32. The van der Waals surface area contributed by atoms with E-state index in [1.54, 1.807) is 0 Å². The molecule has 0 rings (SSSR count). The van der Waals surface area contributed by atoms with Gasteiger partial charge in [0.15, 0.2) is 5.96 Å². The summed E-state index contributed by atoms with van der Waals surface area (Å²) in [5.74, 6) is -1.76. The summed E-state index contributed by atoms with van der Waals surface area (Å²) >= 11 is 0. The van der Waals surface area contributed by atoms with Crippen LogP contribution in [0.2, 0.25) is 0 Å². The average Bonchev–Trinajstić information content (AvgIpc) is 2.28. The molecule has 0 saturated carbocycles. The second kappa shape index (κ2) is 9.02. The zero-order valence-corrected chi connectivity index (χ0v) is 14.5. The average molecular weight is 414 g/mol. The molecular formula is C6H17N4O11P3. The summed E-state index contributed by atoms with van der Waals surface area (Å²) in [6.07, 6.45) is 0.0403. The monoisotopic (exact) mass is 414 g/mol. The predicted molar refractivity (Wildman–Crippen MR) is 77.8 cm³/mol. The summed E-state index contributed by atoms with van der Waals surface area (Å²) in [6, 6.07) is -1.49. The third-order valence-electron chi connectivity index (χ3n) is 1.88. The van der Waals surface area contributed by atoms with Crippen LogP contribution in [0.15, 0.2) is 4.99 Å². The molecule has 142 valence electrons. The van der Waals surface area contributed by atoms with E-state index in [0.717, 1.165) is 0 Å². The first-order valence-corrected chi connectivity index (χ1v) is 10.3. The van der Waals surface area contributed by atoms with E-state index in [-0.39, 0.29) is 25.3 Å². The maximum Gasteiger partial charge on any atom is 0.550 e. The fourth-order valence-electron chi connectivity index (χ4n) is 1.12. The second-order valence-electron chi connectivity index (χ2n) is 4.06. The van der Waals surface area contributed by atoms with Gasteiger partial charge >= 0.3 is 29.4 Å². The maximum atomic E-state index is 11.8. The van der Waals surface area contributed by atoms with Gasteiger partial charge in [0.05, 0.1) is 0 Å². The van der Waals surface area contributed by atoms with Crippen LogP contribution >= 0.6 is 23.5 Å². The molecule has 0 spiro atoms. The van der Waals surface area contributed by atoms with Crippen molar-refractivity contribution in [1.82, 2.24) is 0 Å². The van der Waals surface area contributed by atoms with Gasteiger partial charge in [0.1, 0.15) is 6.04 Å². The van der Waals surface area contributed by atoms with Crippen molar-refractivity contribution in [2.75, 3.05) is 6.54 Å². The van der Waals surface area contributed by atoms with E-state index in [0.29, 0.717) is 0 Å². The molecule has 0 aliphatic rings. The Bertz CT molecular complexity index is 579. The van der Waals surface area contributed by atoms with E-state index < -0.39 is 35.5 Å². The number of aliphatic imine (C=N–C) groups is 1. The third kappa shape index (κ3) is 11.6. The van der Waals surface area contributed by atoms with Crippen molar-refractivity contribution in [3.05, 3.63) is 0 Å². The van der Waals surface area contributed by atoms with Gasteiger partial charge in [0.25, 0.3) is 0 Å². The quantitative estimate of drug-likeness (QED) is 0.0903. The van der Waals surface area contributed by atoms with Crippen molar-refractivity contribution in [1.29, 1.82) is 0 Å². The highest BCUT2D eigenvalue weighted by Gasteiger charge is 2.45. The number of nitrogens with two attached hydrogens (primary N) is 3. The van der Waals surface area contributed by atoms with Crippen molar-refractivity contribution in [2.24, 2.45) is 22.2 Å². The van der Waals surface area contributed by atoms with E-state index in [1.807, 2.05) is 0 Å². The lowest BCUT2D eigenvalue weighted by atomic mass is 10.2. The lowest BCUT2D eigenvalue weighted by Gasteiger charge is -2.19. The van der Waals surface area contributed by atoms with Crippen LogP contribution in [-0.4, -0.2) is 44.1 Å². The zero-order chi connectivity index (χ0) is 19.2. The Morgan fingerprint density at radius 1 is 1.04 bits per heavy atom. The van der Waals surface area contributed by atoms with Crippen LogP contribution in [0, 0.1) is 0 Å². The van der Waals surface area contributed by atoms with Gasteiger partial charge < -0.3 is 41.3 Å². The standard InChI is InChI=1S/C6H17N4O11P3/c7-4(2-1-3-10-6(8)9)5(11)19-24(18,20-22(12,13)14)21-23(15,16)17/h4H,1-3,7H2,(H4,8,9,10)(H2,12,13,14)(H2,15,16,17)/t4-/m0/s1. The molecule has 0 bridgehead atoms. The maximum absolute atomic E-state index is 11.8. The Labute approximate surface area is 135 Å². The summed E-state index contributed by atoms with van der Waals surface area (Å²) in [5.41, 5.74) is 15.5. The van der Waals surface area contributed by atoms with Crippen molar-refractivity contribution < 1.29 is 51.2 Å². The number of guanidine groups is 1. The minimum absolute atomic E-state index is 0.0823. The van der Waals surface area contributed by atoms with E-state index in [1.165, 1.54) is 0 Å². The molecule has 10 N–H and O–H groups in total. The molecule has 1 atom stereocenters. The van der Waals surface area contributed by atoms with Gasteiger partial charge in [-0.2, -0.15) is 8.62 Å². The number of nitrogens with zero attached hydrogens (tertiary/aromatic N) is 1. The summed E-state index contributed by atoms with van der Waals surface area (Å²) in [6.45, 7) is 0.0823. The number of carbonyl (C=O) groups excluding carboxylic acids is 1. The van der Waals surface area contributed by atoms with Crippen LogP contribution in [0.3, 0.4) is 0 Å². The molecule has 0 aliphatic heterocycles. The Morgan fingerprint density at radius 2 is 1.50 bits per heavy atom. The van der Waals surface area contributed by atoms with Crippen LogP contribution in [0.5, 0.6) is 0 Å². The van der Waals surface area contributed by atoms with Gasteiger partial charge in [0.2, 0.25) is 0 Å². The highest BCUT2D eigenvalue weighted by atomic mass is 31.3. The van der Waals surface area contributed by atoms with Crippen LogP contribution in [-0.2, 0) is 31.6 Å². The van der Waals surface area contributed by atoms with E-state index in [2.05, 4.69) is 18.1 Å². The molecule has 0 aromatic heterocycles. The molecule has 0 aromatic carbocycles. The minimum atomic E-state index is -5.65. The first-order chi connectivity index (χ1) is 10.6. The van der Waals surface area contributed by atoms with Crippen LogP contribution in [0.4, 0.5) is 0 Å². The molecule has 18 heteroatoms. The van der Waals surface area contributed by atoms with E-state index >= 15 is 0 Å². The number of phosphoric acid groups is 3. The Balaban J connectivity index is 4.92. The predicted octanol–water partition coefficient (Wildman–Crippen LogP) is -1.76. The van der Waals surface area contributed by atoms with Gasteiger partial charge in [-0.25, -0.2) is 18.5 Å². The summed E-state index contributed by atoms with van der Waals surface area (Å²) in [5, 5.41) is 0. The highest BCUT2D eigenvalue weighted by molar-refractivity contribution is 7.67. The molecule has 15 nitrogen and oxygen atoms in total. The van der Waals surface area contributed by atoms with Crippen molar-refractivity contribution >= 4 is 35.4 Å². The molecule has 0 fully saturated rings. The molecule has 0 heterocycles. The van der Waals surface area contributed by atoms with Crippen LogP contribution in [0.1, 0.15) is 12.8 Å². The van der Waals surface area contributed by atoms with Gasteiger partial charge in [-0.3, -0.25) is 4.99 Å². The number of carbonyl (C=O) groups is 1. The molecule has 0 aromatic rings. The number of hydrogen-bond donors (Lipinski definition) is 7. The third-order valence-corrected chi connectivity index (χ3v) is 5.59. The fourth-order valence-corrected chi connectivity index (χ4v) is 4.22. The smallest absolute Gasteiger partial charge is 0.370 e. The summed E-state index contributed by atoms with van der Waals surface area (Å²) < 4.78 is 44.2. The fraction of sp³-hybridized carbons (Fsp3) is 0.667. The van der Waals surface area contributed by atoms with Gasteiger partial charge in [-0.1, -0.05) is 0 Å². The highest BCUT2D eigenvalue weighted by Crippen LogP contribution is 2.67. The molecule has 0 unspecified atom stereocenters. The van der Waals surface area contributed by atoms with Gasteiger partial charge in [0, 0.05) is 6.54 Å². The first-order valence-electron chi connectivity index (χ1n) is 5.82. The van der Waals surface area contributed by atoms with Gasteiger partial charge in [-0.05, 0) is 12.8 Å². The minimum Gasteiger partial charge on any atom is -0.370 e. The SMILES string of the molecule is NC(N)=NCCC[C@H](N)C(=O)OP(=O)(OP(=O)(O)O)OP(=O)(O)O. The largest absolute Gasteiger partial charge is 0.550 e. The van der Waals surface area contributed by atoms with E-state index in [9.17, 15) is 18.5 Å². The van der Waals surface area contributed by atoms with Crippen LogP contribution in [0.25, 0.3) is 0 Å². The molecule has 0 amide bonds. The van der Waals surface area contributed by atoms with Crippen LogP contribution < -0.4 is 17.2 Å². The molecule has 24 heavy (non-hydrogen) atoms. The van der Waals surface area contributed by atoms with Crippen molar-refractivity contribution in [3.63, 3.8) is 0 Å². The number of hydrogen-bond acceptors (Lipinski definition) is 9. The Hall–Kier alpha value is -0.850. The number of rotatable bonds is 10. The Morgan fingerprint density at radius 3 is 1.88 bits per heavy atom. The first kappa shape index (κ1) is 23.1.